The molecular formula is C12H17FN2O2. The Morgan fingerprint density at radius 1 is 1.59 bits per heavy atom. The van der Waals surface area contributed by atoms with Crippen LogP contribution < -0.4 is 4.90 Å². The first-order valence-corrected chi connectivity index (χ1v) is 5.65. The van der Waals surface area contributed by atoms with Crippen molar-refractivity contribution in [1.82, 2.24) is 4.98 Å². The van der Waals surface area contributed by atoms with Crippen molar-refractivity contribution in [2.45, 2.75) is 26.0 Å². The molecule has 17 heavy (non-hydrogen) atoms. The fourth-order valence-corrected chi connectivity index (χ4v) is 2.08. The van der Waals surface area contributed by atoms with Gasteiger partial charge in [-0.05, 0) is 19.9 Å². The Hall–Kier alpha value is -1.20. The number of halogens is 1. The molecule has 1 saturated heterocycles. The average Bonchev–Trinajstić information content (AvgIpc) is 2.29. The summed E-state index contributed by atoms with van der Waals surface area (Å²) in [6.07, 6.45) is 1.18. The lowest BCUT2D eigenvalue weighted by Gasteiger charge is -2.43. The summed E-state index contributed by atoms with van der Waals surface area (Å²) in [6.45, 7) is 5.77. The molecule has 2 rings (SSSR count). The molecule has 2 heterocycles. The first-order chi connectivity index (χ1) is 8.04. The smallest absolute Gasteiger partial charge is 0.142 e. The molecule has 1 aromatic rings. The Bertz CT molecular complexity index is 409. The van der Waals surface area contributed by atoms with Crippen molar-refractivity contribution in [3.8, 4) is 0 Å². The number of morpholine rings is 1. The van der Waals surface area contributed by atoms with Crippen LogP contribution in [0.5, 0.6) is 0 Å². The van der Waals surface area contributed by atoms with Crippen LogP contribution in [0.25, 0.3) is 0 Å². The molecule has 0 spiro atoms. The zero-order chi connectivity index (χ0) is 12.5. The second-order valence-electron chi connectivity index (χ2n) is 4.81. The van der Waals surface area contributed by atoms with E-state index in [-0.39, 0.29) is 12.1 Å². The van der Waals surface area contributed by atoms with Crippen molar-refractivity contribution in [2.75, 3.05) is 24.7 Å². The molecule has 0 atom stereocenters. The number of rotatable bonds is 2. The highest BCUT2D eigenvalue weighted by atomic mass is 19.1. The number of hydrogen-bond acceptors (Lipinski definition) is 4. The minimum absolute atomic E-state index is 0.201. The minimum Gasteiger partial charge on any atom is -0.392 e. The van der Waals surface area contributed by atoms with Gasteiger partial charge >= 0.3 is 0 Å². The molecule has 0 aliphatic carbocycles. The third kappa shape index (κ3) is 2.40. The zero-order valence-electron chi connectivity index (χ0n) is 10.1. The van der Waals surface area contributed by atoms with Crippen LogP contribution in [0.15, 0.2) is 12.3 Å². The SMILES string of the molecule is CC1(C)COCCN1c1ncc(F)cc1CO. The summed E-state index contributed by atoms with van der Waals surface area (Å²) >= 11 is 0. The maximum absolute atomic E-state index is 13.1. The highest BCUT2D eigenvalue weighted by Gasteiger charge is 2.32. The van der Waals surface area contributed by atoms with Gasteiger partial charge in [-0.25, -0.2) is 9.37 Å². The predicted molar refractivity (Wildman–Crippen MR) is 62.4 cm³/mol. The van der Waals surface area contributed by atoms with Crippen LogP contribution in [0.2, 0.25) is 0 Å². The third-order valence-electron chi connectivity index (χ3n) is 2.98. The number of ether oxygens (including phenoxy) is 1. The lowest BCUT2D eigenvalue weighted by Crippen LogP contribution is -2.53. The van der Waals surface area contributed by atoms with Crippen molar-refractivity contribution in [1.29, 1.82) is 0 Å². The summed E-state index contributed by atoms with van der Waals surface area (Å²) in [5.41, 5.74) is 0.312. The molecule has 0 aromatic carbocycles. The normalized spacial score (nSPS) is 19.4. The largest absolute Gasteiger partial charge is 0.392 e. The molecule has 0 radical (unpaired) electrons. The first-order valence-electron chi connectivity index (χ1n) is 5.65. The first kappa shape index (κ1) is 12.3. The van der Waals surface area contributed by atoms with Gasteiger partial charge in [-0.3, -0.25) is 0 Å². The van der Waals surface area contributed by atoms with E-state index < -0.39 is 5.82 Å². The molecule has 1 aromatic heterocycles. The van der Waals surface area contributed by atoms with Gasteiger partial charge in [0.25, 0.3) is 0 Å². The van der Waals surface area contributed by atoms with Crippen LogP contribution in [0, 0.1) is 5.82 Å². The number of hydrogen-bond donors (Lipinski definition) is 1. The molecule has 0 amide bonds. The number of pyridine rings is 1. The minimum atomic E-state index is -0.427. The highest BCUT2D eigenvalue weighted by Crippen LogP contribution is 2.28. The summed E-state index contributed by atoms with van der Waals surface area (Å²) < 4.78 is 18.5. The van der Waals surface area contributed by atoms with Crippen molar-refractivity contribution >= 4 is 5.82 Å². The predicted octanol–water partition coefficient (Wildman–Crippen LogP) is 1.33. The third-order valence-corrected chi connectivity index (χ3v) is 2.98. The summed E-state index contributed by atoms with van der Waals surface area (Å²) in [4.78, 5) is 6.16. The summed E-state index contributed by atoms with van der Waals surface area (Å²) in [5, 5.41) is 9.28. The lowest BCUT2D eigenvalue weighted by molar-refractivity contribution is 0.0636. The Kier molecular flexibility index (Phi) is 3.31. The van der Waals surface area contributed by atoms with Gasteiger partial charge in [0.15, 0.2) is 0 Å². The van der Waals surface area contributed by atoms with Gasteiger partial charge in [-0.1, -0.05) is 0 Å². The van der Waals surface area contributed by atoms with Crippen molar-refractivity contribution < 1.29 is 14.2 Å². The van der Waals surface area contributed by atoms with Gasteiger partial charge < -0.3 is 14.7 Å². The fourth-order valence-electron chi connectivity index (χ4n) is 2.08. The van der Waals surface area contributed by atoms with E-state index >= 15 is 0 Å². The Labute approximate surface area is 100 Å². The van der Waals surface area contributed by atoms with Crippen LogP contribution in [0.1, 0.15) is 19.4 Å². The molecule has 0 saturated carbocycles. The standard InChI is InChI=1S/C12H17FN2O2/c1-12(2)8-17-4-3-15(12)11-9(7-16)5-10(13)6-14-11/h5-6,16H,3-4,7-8H2,1-2H3. The Morgan fingerprint density at radius 2 is 2.35 bits per heavy atom. The molecule has 4 nitrogen and oxygen atoms in total. The summed E-state index contributed by atoms with van der Waals surface area (Å²) in [6, 6.07) is 1.33. The van der Waals surface area contributed by atoms with Gasteiger partial charge in [0.05, 0.1) is 31.6 Å². The van der Waals surface area contributed by atoms with Gasteiger partial charge in [0.2, 0.25) is 0 Å². The van der Waals surface area contributed by atoms with Gasteiger partial charge in [-0.2, -0.15) is 0 Å². The lowest BCUT2D eigenvalue weighted by atomic mass is 10.0. The average molecular weight is 240 g/mol. The number of aliphatic hydroxyl groups excluding tert-OH is 1. The van der Waals surface area contributed by atoms with Gasteiger partial charge in [0, 0.05) is 12.1 Å². The summed E-state index contributed by atoms with van der Waals surface area (Å²) in [7, 11) is 0. The Morgan fingerprint density at radius 3 is 3.00 bits per heavy atom. The highest BCUT2D eigenvalue weighted by molar-refractivity contribution is 5.49. The molecule has 0 bridgehead atoms. The molecular weight excluding hydrogens is 223 g/mol. The van der Waals surface area contributed by atoms with Crippen molar-refractivity contribution in [3.05, 3.63) is 23.6 Å². The molecule has 1 aliphatic heterocycles. The van der Waals surface area contributed by atoms with Crippen LogP contribution in [-0.4, -0.2) is 35.4 Å². The molecule has 0 unspecified atom stereocenters. The molecule has 94 valence electrons. The second kappa shape index (κ2) is 4.58. The van der Waals surface area contributed by atoms with E-state index in [9.17, 15) is 9.50 Å². The number of aromatic nitrogens is 1. The van der Waals surface area contributed by atoms with Crippen molar-refractivity contribution in [2.24, 2.45) is 0 Å². The van der Waals surface area contributed by atoms with Gasteiger partial charge in [0.1, 0.15) is 11.6 Å². The molecule has 5 heteroatoms. The van der Waals surface area contributed by atoms with E-state index in [0.717, 1.165) is 0 Å². The van der Waals surface area contributed by atoms with E-state index in [1.54, 1.807) is 0 Å². The molecule has 1 aliphatic rings. The number of aliphatic hydroxyl groups is 1. The summed E-state index contributed by atoms with van der Waals surface area (Å²) in [5.74, 6) is 0.214. The van der Waals surface area contributed by atoms with E-state index in [4.69, 9.17) is 4.74 Å². The van der Waals surface area contributed by atoms with Crippen LogP contribution in [0.3, 0.4) is 0 Å². The zero-order valence-corrected chi connectivity index (χ0v) is 10.1. The van der Waals surface area contributed by atoms with Crippen LogP contribution >= 0.6 is 0 Å². The van der Waals surface area contributed by atoms with Gasteiger partial charge in [-0.15, -0.1) is 0 Å². The van der Waals surface area contributed by atoms with E-state index in [0.29, 0.717) is 31.1 Å². The van der Waals surface area contributed by atoms with E-state index in [2.05, 4.69) is 9.88 Å². The van der Waals surface area contributed by atoms with Crippen LogP contribution in [-0.2, 0) is 11.3 Å². The monoisotopic (exact) mass is 240 g/mol. The fraction of sp³-hybridized carbons (Fsp3) is 0.583. The van der Waals surface area contributed by atoms with Crippen LogP contribution in [0.4, 0.5) is 10.2 Å². The molecule has 1 fully saturated rings. The second-order valence-corrected chi connectivity index (χ2v) is 4.81. The van der Waals surface area contributed by atoms with Crippen molar-refractivity contribution in [3.63, 3.8) is 0 Å². The maximum atomic E-state index is 13.1. The van der Waals surface area contributed by atoms with E-state index in [1.165, 1.54) is 12.3 Å². The molecule has 1 N–H and O–H groups in total. The maximum Gasteiger partial charge on any atom is 0.142 e. The number of nitrogens with zero attached hydrogens (tertiary/aromatic N) is 2. The van der Waals surface area contributed by atoms with E-state index in [1.807, 2.05) is 13.8 Å². The topological polar surface area (TPSA) is 45.6 Å². The Balaban J connectivity index is 2.38. The quantitative estimate of drug-likeness (QED) is 0.847. The number of anilines is 1.